The monoisotopic (exact) mass is 691 g/mol. The van der Waals surface area contributed by atoms with E-state index in [2.05, 4.69) is 26.6 Å². The molecule has 2 heterocycles. The van der Waals surface area contributed by atoms with Gasteiger partial charge in [0, 0.05) is 38.7 Å². The Labute approximate surface area is 293 Å². The minimum atomic E-state index is -1.06. The molecule has 2 aromatic carbocycles. The molecule has 6 amide bonds. The highest BCUT2D eigenvalue weighted by Gasteiger charge is 2.33. The molecule has 0 unspecified atom stereocenters. The molecule has 14 nitrogen and oxygen atoms in total. The van der Waals surface area contributed by atoms with Crippen molar-refractivity contribution in [3.8, 4) is 5.75 Å². The Hall–Kier alpha value is -4.98. The molecule has 1 saturated heterocycles. The molecule has 270 valence electrons. The van der Waals surface area contributed by atoms with Crippen molar-refractivity contribution in [2.24, 2.45) is 5.92 Å². The Kier molecular flexibility index (Phi) is 13.7. The number of likely N-dealkylation sites (N-methyl/N-ethyl adjacent to an activating group) is 1. The molecule has 0 spiro atoms. The Bertz CT molecular complexity index is 1520. The van der Waals surface area contributed by atoms with Gasteiger partial charge in [-0.25, -0.2) is 0 Å². The average molecular weight is 692 g/mol. The van der Waals surface area contributed by atoms with Gasteiger partial charge in [-0.3, -0.25) is 33.7 Å². The lowest BCUT2D eigenvalue weighted by Crippen LogP contribution is -2.59. The fourth-order valence-corrected chi connectivity index (χ4v) is 5.88. The zero-order valence-electron chi connectivity index (χ0n) is 29.2. The lowest BCUT2D eigenvalue weighted by molar-refractivity contribution is -0.139. The highest BCUT2D eigenvalue weighted by atomic mass is 16.5. The number of nitrogens with zero attached hydrogens (tertiary/aromatic N) is 2. The van der Waals surface area contributed by atoms with Crippen LogP contribution < -0.4 is 31.3 Å². The van der Waals surface area contributed by atoms with E-state index in [0.29, 0.717) is 26.1 Å². The zero-order valence-corrected chi connectivity index (χ0v) is 29.2. The molecule has 0 aromatic heterocycles. The largest absolute Gasteiger partial charge is 0.492 e. The van der Waals surface area contributed by atoms with Gasteiger partial charge in [0.15, 0.2) is 0 Å². The molecule has 2 aromatic rings. The summed E-state index contributed by atoms with van der Waals surface area (Å²) in [6.45, 7) is 6.36. The predicted molar refractivity (Wildman–Crippen MR) is 185 cm³/mol. The van der Waals surface area contributed by atoms with Crippen LogP contribution in [0.25, 0.3) is 0 Å². The summed E-state index contributed by atoms with van der Waals surface area (Å²) < 4.78 is 5.81. The third-order valence-corrected chi connectivity index (χ3v) is 8.70. The van der Waals surface area contributed by atoms with Gasteiger partial charge in [0.25, 0.3) is 0 Å². The minimum Gasteiger partial charge on any atom is -0.492 e. The predicted octanol–water partition coefficient (Wildman–Crippen LogP) is 0.107. The fourth-order valence-electron chi connectivity index (χ4n) is 5.88. The zero-order chi connectivity index (χ0) is 36.2. The fraction of sp³-hybridized carbons (Fsp3) is 0.500. The second kappa shape index (κ2) is 18.1. The number of para-hydroxylation sites is 1. The summed E-state index contributed by atoms with van der Waals surface area (Å²) in [6, 6.07) is 12.7. The number of nitrogens with one attached hydrogen (secondary N) is 5. The van der Waals surface area contributed by atoms with E-state index >= 15 is 0 Å². The third kappa shape index (κ3) is 11.0. The Morgan fingerprint density at radius 3 is 2.38 bits per heavy atom. The Morgan fingerprint density at radius 2 is 1.64 bits per heavy atom. The van der Waals surface area contributed by atoms with E-state index in [4.69, 9.17) is 4.74 Å². The minimum absolute atomic E-state index is 0.0184. The van der Waals surface area contributed by atoms with E-state index in [1.807, 2.05) is 59.5 Å². The van der Waals surface area contributed by atoms with Gasteiger partial charge in [0.2, 0.25) is 35.4 Å². The van der Waals surface area contributed by atoms with E-state index in [0.717, 1.165) is 16.9 Å². The maximum absolute atomic E-state index is 13.7. The van der Waals surface area contributed by atoms with Crippen molar-refractivity contribution in [2.45, 2.75) is 70.7 Å². The van der Waals surface area contributed by atoms with Crippen LogP contribution in [0.3, 0.4) is 0 Å². The van der Waals surface area contributed by atoms with Crippen molar-refractivity contribution >= 4 is 35.4 Å². The van der Waals surface area contributed by atoms with Crippen LogP contribution in [0.4, 0.5) is 0 Å². The molecular weight excluding hydrogens is 642 g/mol. The van der Waals surface area contributed by atoms with Crippen LogP contribution in [0.15, 0.2) is 54.6 Å². The van der Waals surface area contributed by atoms with Crippen molar-refractivity contribution in [3.63, 3.8) is 0 Å². The molecule has 0 bridgehead atoms. The molecule has 14 heteroatoms. The molecule has 4 atom stereocenters. The van der Waals surface area contributed by atoms with Crippen molar-refractivity contribution < 1.29 is 33.5 Å². The van der Waals surface area contributed by atoms with Gasteiger partial charge in [-0.1, -0.05) is 62.4 Å². The summed E-state index contributed by atoms with van der Waals surface area (Å²) in [7, 11) is 1.48. The van der Waals surface area contributed by atoms with E-state index in [1.165, 1.54) is 18.9 Å². The van der Waals surface area contributed by atoms with Crippen LogP contribution in [-0.4, -0.2) is 109 Å². The normalized spacial score (nSPS) is 23.5. The van der Waals surface area contributed by atoms with Crippen molar-refractivity contribution in [2.75, 3.05) is 39.8 Å². The lowest BCUT2D eigenvalue weighted by atomic mass is 10.0. The SMILES string of the molecule is CC(C)[C@H]1NC(=O)[C@@H](NC(=O)CN2CCOc3ccccc3C2)CCCNC(=O)CN(C)C(=O)[C@H](Cc2ccccc2)NC(=O)[C@@H](C)NC1=O. The van der Waals surface area contributed by atoms with Gasteiger partial charge in [-0.15, -0.1) is 0 Å². The molecule has 0 radical (unpaired) electrons. The first-order valence-corrected chi connectivity index (χ1v) is 17.1. The molecule has 5 N–H and O–H groups in total. The van der Waals surface area contributed by atoms with Crippen molar-refractivity contribution in [1.29, 1.82) is 0 Å². The van der Waals surface area contributed by atoms with Gasteiger partial charge in [-0.2, -0.15) is 0 Å². The number of rotatable bonds is 6. The molecule has 4 rings (SSSR count). The highest BCUT2D eigenvalue weighted by molar-refractivity contribution is 5.96. The van der Waals surface area contributed by atoms with Crippen LogP contribution >= 0.6 is 0 Å². The summed E-state index contributed by atoms with van der Waals surface area (Å²) in [5.74, 6) is -2.60. The number of hydrogen-bond acceptors (Lipinski definition) is 8. The number of benzene rings is 2. The molecule has 2 aliphatic rings. The molecule has 0 aliphatic carbocycles. The van der Waals surface area contributed by atoms with Crippen LogP contribution in [0.1, 0.15) is 44.7 Å². The Morgan fingerprint density at radius 1 is 0.920 bits per heavy atom. The van der Waals surface area contributed by atoms with Crippen molar-refractivity contribution in [3.05, 3.63) is 65.7 Å². The summed E-state index contributed by atoms with van der Waals surface area (Å²) >= 11 is 0. The number of fused-ring (bicyclic) bond motifs is 1. The molecule has 2 aliphatic heterocycles. The lowest BCUT2D eigenvalue weighted by Gasteiger charge is -2.28. The van der Waals surface area contributed by atoms with Gasteiger partial charge >= 0.3 is 0 Å². The number of carbonyl (C=O) groups is 6. The molecule has 50 heavy (non-hydrogen) atoms. The summed E-state index contributed by atoms with van der Waals surface area (Å²) in [4.78, 5) is 83.2. The quantitative estimate of drug-likeness (QED) is 0.283. The molecular formula is C36H49N7O7. The highest BCUT2D eigenvalue weighted by Crippen LogP contribution is 2.22. The average Bonchev–Trinajstić information content (AvgIpc) is 3.29. The maximum atomic E-state index is 13.7. The summed E-state index contributed by atoms with van der Waals surface area (Å²) in [5, 5.41) is 13.8. The van der Waals surface area contributed by atoms with E-state index < -0.39 is 53.7 Å². The van der Waals surface area contributed by atoms with Gasteiger partial charge in [-0.05, 0) is 37.3 Å². The van der Waals surface area contributed by atoms with E-state index in [9.17, 15) is 28.8 Å². The van der Waals surface area contributed by atoms with Crippen LogP contribution in [0.5, 0.6) is 5.75 Å². The second-order valence-electron chi connectivity index (χ2n) is 13.2. The number of amides is 6. The third-order valence-electron chi connectivity index (χ3n) is 8.70. The van der Waals surface area contributed by atoms with E-state index in [1.54, 1.807) is 13.8 Å². The van der Waals surface area contributed by atoms with Crippen molar-refractivity contribution in [1.82, 2.24) is 36.4 Å². The molecule has 0 saturated carbocycles. The molecule has 1 fully saturated rings. The second-order valence-corrected chi connectivity index (χ2v) is 13.2. The van der Waals surface area contributed by atoms with Crippen LogP contribution in [0.2, 0.25) is 0 Å². The standard InChI is InChI=1S/C36H49N7O7/c1-23(2)32-35(48)38-24(3)33(46)40-28(19-25-11-6-5-7-12-25)36(49)42(4)21-30(44)37-16-10-14-27(34(47)41-32)39-31(45)22-43-17-18-50-29-15-9-8-13-26(29)20-43/h5-9,11-13,15,23-24,27-28,32H,10,14,16-22H2,1-4H3,(H,37,44)(H,38,48)(H,39,45)(H,40,46)(H,41,47)/t24-,27+,28+,32-/m1/s1. The van der Waals surface area contributed by atoms with Crippen LogP contribution in [0, 0.1) is 5.92 Å². The topological polar surface area (TPSA) is 178 Å². The first kappa shape index (κ1) is 37.8. The first-order chi connectivity index (χ1) is 23.9. The van der Waals surface area contributed by atoms with Gasteiger partial charge < -0.3 is 36.2 Å². The maximum Gasteiger partial charge on any atom is 0.245 e. The number of ether oxygens (including phenoxy) is 1. The number of hydrogen-bond donors (Lipinski definition) is 5. The Balaban J connectivity index is 1.49. The smallest absolute Gasteiger partial charge is 0.245 e. The number of carbonyl (C=O) groups excluding carboxylic acids is 6. The van der Waals surface area contributed by atoms with Crippen LogP contribution in [-0.2, 0) is 41.7 Å². The summed E-state index contributed by atoms with van der Waals surface area (Å²) in [5.41, 5.74) is 1.76. The van der Waals surface area contributed by atoms with Gasteiger partial charge in [0.1, 0.15) is 36.5 Å². The summed E-state index contributed by atoms with van der Waals surface area (Å²) in [6.07, 6.45) is 0.673. The van der Waals surface area contributed by atoms with Gasteiger partial charge in [0.05, 0.1) is 13.1 Å². The first-order valence-electron chi connectivity index (χ1n) is 17.1. The van der Waals surface area contributed by atoms with E-state index in [-0.39, 0.29) is 44.3 Å².